The molecule has 3 nitrogen and oxygen atoms in total. The first-order chi connectivity index (χ1) is 12.4. The number of aliphatic hydroxyl groups excluding tert-OH is 1. The average molecular weight is 370 g/mol. The number of halogens is 1. The highest BCUT2D eigenvalue weighted by Crippen LogP contribution is 2.30. The smallest absolute Gasteiger partial charge is 0.165 e. The molecular weight excluding hydrogens is 329 g/mol. The standard InChI is InChI=1S/C11H13FO.C11H25NO.H2/c1-8-2-5-10(12)11(6-8)13-7-9-3-4-9;1-10(2)7-5-4-6-8-11(3)12-9-13;/h2,5-6,9H,3-4,7H2,1H3;10-13H,4-9H2,1-3H3;1H/t;11-;/m.0./s1. The average Bonchev–Trinajstić information content (AvgIpc) is 3.40. The van der Waals surface area contributed by atoms with Gasteiger partial charge in [0.25, 0.3) is 0 Å². The Labute approximate surface area is 160 Å². The predicted molar refractivity (Wildman–Crippen MR) is 109 cm³/mol. The molecule has 0 spiro atoms. The fourth-order valence-corrected chi connectivity index (χ4v) is 2.65. The quantitative estimate of drug-likeness (QED) is 0.389. The highest BCUT2D eigenvalue weighted by Gasteiger charge is 2.22. The number of aliphatic hydroxyl groups is 1. The summed E-state index contributed by atoms with van der Waals surface area (Å²) in [6.45, 7) is 9.38. The van der Waals surface area contributed by atoms with Crippen LogP contribution in [0.25, 0.3) is 0 Å². The summed E-state index contributed by atoms with van der Waals surface area (Å²) in [4.78, 5) is 0. The first-order valence-electron chi connectivity index (χ1n) is 10.2. The molecule has 2 N–H and O–H groups in total. The molecule has 152 valence electrons. The largest absolute Gasteiger partial charge is 0.490 e. The summed E-state index contributed by atoms with van der Waals surface area (Å²) in [5, 5.41) is 11.6. The van der Waals surface area contributed by atoms with E-state index in [0.717, 1.165) is 11.5 Å². The van der Waals surface area contributed by atoms with Crippen molar-refractivity contribution in [2.75, 3.05) is 13.3 Å². The third kappa shape index (κ3) is 11.5. The molecule has 1 aliphatic rings. The highest BCUT2D eigenvalue weighted by molar-refractivity contribution is 5.29. The van der Waals surface area contributed by atoms with Gasteiger partial charge in [0.15, 0.2) is 11.6 Å². The number of unbranched alkanes of at least 4 members (excludes halogenated alkanes) is 2. The Morgan fingerprint density at radius 1 is 1.19 bits per heavy atom. The number of aryl methyl sites for hydroxylation is 1. The lowest BCUT2D eigenvalue weighted by atomic mass is 10.0. The van der Waals surface area contributed by atoms with Crippen molar-refractivity contribution < 1.29 is 15.7 Å². The Hall–Kier alpha value is -1.13. The summed E-state index contributed by atoms with van der Waals surface area (Å²) in [5.74, 6) is 1.64. The van der Waals surface area contributed by atoms with Crippen LogP contribution in [0.4, 0.5) is 4.39 Å². The van der Waals surface area contributed by atoms with Crippen molar-refractivity contribution >= 4 is 0 Å². The molecule has 0 bridgehead atoms. The molecule has 0 aromatic heterocycles. The topological polar surface area (TPSA) is 41.5 Å². The molecule has 4 heteroatoms. The fourth-order valence-electron chi connectivity index (χ4n) is 2.65. The first-order valence-corrected chi connectivity index (χ1v) is 10.2. The predicted octanol–water partition coefficient (Wildman–Crippen LogP) is 5.69. The Balaban J connectivity index is 0.000000483. The summed E-state index contributed by atoms with van der Waals surface area (Å²) in [6, 6.07) is 5.42. The van der Waals surface area contributed by atoms with E-state index < -0.39 is 0 Å². The Kier molecular flexibility index (Phi) is 11.5. The highest BCUT2D eigenvalue weighted by atomic mass is 19.1. The molecule has 0 unspecified atom stereocenters. The minimum absolute atomic E-state index is 0. The van der Waals surface area contributed by atoms with Crippen molar-refractivity contribution in [3.63, 3.8) is 0 Å². The molecule has 1 aromatic rings. The second-order valence-corrected chi connectivity index (χ2v) is 7.98. The van der Waals surface area contributed by atoms with Gasteiger partial charge in [-0.15, -0.1) is 0 Å². The Morgan fingerprint density at radius 3 is 2.50 bits per heavy atom. The van der Waals surface area contributed by atoms with Crippen LogP contribution in [0, 0.1) is 24.6 Å². The summed E-state index contributed by atoms with van der Waals surface area (Å²) >= 11 is 0. The molecule has 0 amide bonds. The van der Waals surface area contributed by atoms with Crippen LogP contribution in [0.5, 0.6) is 5.75 Å². The van der Waals surface area contributed by atoms with Gasteiger partial charge in [0.05, 0.1) is 13.3 Å². The first kappa shape index (κ1) is 22.9. The van der Waals surface area contributed by atoms with Crippen molar-refractivity contribution in [1.29, 1.82) is 0 Å². The van der Waals surface area contributed by atoms with Crippen LogP contribution >= 0.6 is 0 Å². The number of rotatable bonds is 11. The van der Waals surface area contributed by atoms with Crippen LogP contribution in [-0.2, 0) is 0 Å². The van der Waals surface area contributed by atoms with E-state index in [0.29, 0.717) is 24.3 Å². The van der Waals surface area contributed by atoms with E-state index in [-0.39, 0.29) is 14.0 Å². The second kappa shape index (κ2) is 13.1. The molecule has 1 aromatic carbocycles. The van der Waals surface area contributed by atoms with Crippen LogP contribution in [0.3, 0.4) is 0 Å². The van der Waals surface area contributed by atoms with E-state index in [1.807, 2.05) is 6.92 Å². The summed E-state index contributed by atoms with van der Waals surface area (Å²) in [5.41, 5.74) is 1.03. The minimum atomic E-state index is -0.258. The summed E-state index contributed by atoms with van der Waals surface area (Å²) in [7, 11) is 0. The number of hydrogen-bond donors (Lipinski definition) is 2. The van der Waals surface area contributed by atoms with Gasteiger partial charge in [0, 0.05) is 7.47 Å². The molecule has 1 aliphatic carbocycles. The zero-order valence-corrected chi connectivity index (χ0v) is 17.1. The van der Waals surface area contributed by atoms with Crippen LogP contribution in [-0.4, -0.2) is 24.5 Å². The minimum Gasteiger partial charge on any atom is -0.490 e. The van der Waals surface area contributed by atoms with Crippen molar-refractivity contribution in [1.82, 2.24) is 5.32 Å². The molecular formula is C22H40FNO2. The van der Waals surface area contributed by atoms with Crippen molar-refractivity contribution in [2.24, 2.45) is 11.8 Å². The van der Waals surface area contributed by atoms with Crippen LogP contribution in [0.2, 0.25) is 0 Å². The van der Waals surface area contributed by atoms with Gasteiger partial charge in [-0.05, 0) is 62.6 Å². The van der Waals surface area contributed by atoms with Crippen molar-refractivity contribution in [3.05, 3.63) is 29.6 Å². The molecule has 0 saturated heterocycles. The van der Waals surface area contributed by atoms with E-state index in [4.69, 9.17) is 9.84 Å². The Bertz CT molecular complexity index is 495. The van der Waals surface area contributed by atoms with E-state index in [1.165, 1.54) is 51.0 Å². The molecule has 0 heterocycles. The maximum atomic E-state index is 13.1. The zero-order chi connectivity index (χ0) is 19.4. The molecule has 1 fully saturated rings. The molecule has 26 heavy (non-hydrogen) atoms. The normalized spacial score (nSPS) is 14.7. The van der Waals surface area contributed by atoms with Crippen molar-refractivity contribution in [2.45, 2.75) is 78.7 Å². The van der Waals surface area contributed by atoms with Gasteiger partial charge in [-0.1, -0.05) is 45.6 Å². The number of benzene rings is 1. The van der Waals surface area contributed by atoms with E-state index in [1.54, 1.807) is 12.1 Å². The number of ether oxygens (including phenoxy) is 1. The molecule has 1 atom stereocenters. The lowest BCUT2D eigenvalue weighted by Gasteiger charge is -2.11. The van der Waals surface area contributed by atoms with Gasteiger partial charge >= 0.3 is 0 Å². The fraction of sp³-hybridized carbons (Fsp3) is 0.727. The lowest BCUT2D eigenvalue weighted by molar-refractivity contribution is 0.240. The van der Waals surface area contributed by atoms with Crippen LogP contribution in [0.1, 0.15) is 72.7 Å². The van der Waals surface area contributed by atoms with Gasteiger partial charge in [-0.3, -0.25) is 5.32 Å². The SMILES string of the molecule is CC(C)CCCCC[C@H](C)NCO.Cc1ccc(F)c(OCC2CC2)c1.[HH]. The third-order valence-electron chi connectivity index (χ3n) is 4.62. The van der Waals surface area contributed by atoms with Crippen LogP contribution in [0.15, 0.2) is 18.2 Å². The monoisotopic (exact) mass is 369 g/mol. The summed E-state index contributed by atoms with van der Waals surface area (Å²) in [6.07, 6.45) is 8.95. The van der Waals surface area contributed by atoms with Gasteiger partial charge in [0.1, 0.15) is 0 Å². The van der Waals surface area contributed by atoms with Crippen molar-refractivity contribution in [3.8, 4) is 5.75 Å². The van der Waals surface area contributed by atoms with Gasteiger partial charge in [-0.25, -0.2) is 4.39 Å². The maximum absolute atomic E-state index is 13.1. The molecule has 1 saturated carbocycles. The molecule has 0 radical (unpaired) electrons. The van der Waals surface area contributed by atoms with Gasteiger partial charge in [0.2, 0.25) is 0 Å². The number of nitrogens with one attached hydrogen (secondary N) is 1. The Morgan fingerprint density at radius 2 is 1.88 bits per heavy atom. The van der Waals surface area contributed by atoms with Gasteiger partial charge < -0.3 is 9.84 Å². The lowest BCUT2D eigenvalue weighted by Crippen LogP contribution is -2.26. The van der Waals surface area contributed by atoms with E-state index in [2.05, 4.69) is 26.1 Å². The second-order valence-electron chi connectivity index (χ2n) is 7.98. The van der Waals surface area contributed by atoms with E-state index >= 15 is 0 Å². The summed E-state index contributed by atoms with van der Waals surface area (Å²) < 4.78 is 18.5. The number of hydrogen-bond acceptors (Lipinski definition) is 3. The maximum Gasteiger partial charge on any atom is 0.165 e. The third-order valence-corrected chi connectivity index (χ3v) is 4.62. The molecule has 2 rings (SSSR count). The van der Waals surface area contributed by atoms with Crippen LogP contribution < -0.4 is 10.1 Å². The zero-order valence-electron chi connectivity index (χ0n) is 17.1. The van der Waals surface area contributed by atoms with Gasteiger partial charge in [-0.2, -0.15) is 0 Å². The molecule has 0 aliphatic heterocycles. The van der Waals surface area contributed by atoms with E-state index in [9.17, 15) is 4.39 Å².